The first-order chi connectivity index (χ1) is 8.04. The second-order valence-electron chi connectivity index (χ2n) is 6.08. The lowest BCUT2D eigenvalue weighted by molar-refractivity contribution is -0.0534. The fourth-order valence-electron chi connectivity index (χ4n) is 2.44. The van der Waals surface area contributed by atoms with Gasteiger partial charge >= 0.3 is 0 Å². The van der Waals surface area contributed by atoms with E-state index in [0.717, 1.165) is 0 Å². The molecule has 1 aliphatic carbocycles. The average Bonchev–Trinajstić information content (AvgIpc) is 2.23. The van der Waals surface area contributed by atoms with Crippen LogP contribution >= 0.6 is 0 Å². The van der Waals surface area contributed by atoms with E-state index in [2.05, 4.69) is 13.2 Å². The Morgan fingerprint density at radius 1 is 1.44 bits per heavy atom. The quantitative estimate of drug-likeness (QED) is 0.673. The molecule has 1 rings (SSSR count). The van der Waals surface area contributed by atoms with Crippen molar-refractivity contribution in [1.82, 2.24) is 0 Å². The number of hydrogen-bond donors (Lipinski definition) is 3. The van der Waals surface area contributed by atoms with Crippen molar-refractivity contribution in [2.45, 2.75) is 50.9 Å². The summed E-state index contributed by atoms with van der Waals surface area (Å²) in [7, 11) is 0. The zero-order chi connectivity index (χ0) is 14.2. The van der Waals surface area contributed by atoms with Gasteiger partial charge in [-0.15, -0.1) is 0 Å². The van der Waals surface area contributed by atoms with E-state index in [1.807, 2.05) is 13.8 Å². The molecule has 0 aromatic carbocycles. The molecule has 1 fully saturated rings. The van der Waals surface area contributed by atoms with Gasteiger partial charge in [-0.25, -0.2) is 0 Å². The maximum absolute atomic E-state index is 10.8. The molecule has 0 spiro atoms. The molecule has 3 nitrogen and oxygen atoms in total. The predicted molar refractivity (Wildman–Crippen MR) is 73.1 cm³/mol. The molecule has 3 N–H and O–H groups in total. The summed E-state index contributed by atoms with van der Waals surface area (Å²) < 4.78 is 0. The lowest BCUT2D eigenvalue weighted by Crippen LogP contribution is -2.50. The summed E-state index contributed by atoms with van der Waals surface area (Å²) in [6.45, 7) is 12.8. The molecular formula is C15H24O3. The highest BCUT2D eigenvalue weighted by atomic mass is 16.3. The van der Waals surface area contributed by atoms with Crippen LogP contribution in [0.1, 0.15) is 33.6 Å². The van der Waals surface area contributed by atoms with E-state index in [1.165, 1.54) is 12.2 Å². The minimum atomic E-state index is -1.22. The van der Waals surface area contributed by atoms with E-state index in [4.69, 9.17) is 0 Å². The molecule has 1 aliphatic rings. The van der Waals surface area contributed by atoms with Gasteiger partial charge in [-0.05, 0) is 31.4 Å². The Balaban J connectivity index is 3.09. The van der Waals surface area contributed by atoms with E-state index < -0.39 is 22.7 Å². The highest BCUT2D eigenvalue weighted by Gasteiger charge is 2.48. The molecular weight excluding hydrogens is 228 g/mol. The highest BCUT2D eigenvalue weighted by Crippen LogP contribution is 2.47. The molecule has 0 aromatic heterocycles. The van der Waals surface area contributed by atoms with Crippen LogP contribution in [0, 0.1) is 5.41 Å². The van der Waals surface area contributed by atoms with Crippen molar-refractivity contribution < 1.29 is 15.3 Å². The summed E-state index contributed by atoms with van der Waals surface area (Å²) in [6.07, 6.45) is 4.89. The smallest absolute Gasteiger partial charge is 0.109 e. The summed E-state index contributed by atoms with van der Waals surface area (Å²) in [6, 6.07) is 0. The molecule has 0 aromatic rings. The number of aliphatic hydroxyl groups is 3. The first-order valence-electron chi connectivity index (χ1n) is 6.19. The van der Waals surface area contributed by atoms with Crippen molar-refractivity contribution in [1.29, 1.82) is 0 Å². The summed E-state index contributed by atoms with van der Waals surface area (Å²) in [5.41, 5.74) is -2.35. The monoisotopic (exact) mass is 252 g/mol. The first-order valence-corrected chi connectivity index (χ1v) is 6.19. The Morgan fingerprint density at radius 2 is 2.00 bits per heavy atom. The normalized spacial score (nSPS) is 35.4. The third kappa shape index (κ3) is 2.74. The zero-order valence-electron chi connectivity index (χ0n) is 11.5. The van der Waals surface area contributed by atoms with E-state index in [-0.39, 0.29) is 0 Å². The maximum Gasteiger partial charge on any atom is 0.109 e. The summed E-state index contributed by atoms with van der Waals surface area (Å²) in [4.78, 5) is 0. The third-order valence-electron chi connectivity index (χ3n) is 3.87. The molecule has 102 valence electrons. The van der Waals surface area contributed by atoms with Gasteiger partial charge in [0, 0.05) is 5.41 Å². The minimum absolute atomic E-state index is 0.375. The van der Waals surface area contributed by atoms with Crippen molar-refractivity contribution in [3.05, 3.63) is 37.0 Å². The lowest BCUT2D eigenvalue weighted by Gasteiger charge is -2.48. The van der Waals surface area contributed by atoms with E-state index in [1.54, 1.807) is 13.0 Å². The number of hydrogen-bond acceptors (Lipinski definition) is 3. The average molecular weight is 252 g/mol. The third-order valence-corrected chi connectivity index (χ3v) is 3.87. The Kier molecular flexibility index (Phi) is 3.92. The van der Waals surface area contributed by atoms with Gasteiger partial charge < -0.3 is 15.3 Å². The van der Waals surface area contributed by atoms with Crippen LogP contribution in [0.3, 0.4) is 0 Å². The second-order valence-corrected chi connectivity index (χ2v) is 6.08. The highest BCUT2D eigenvalue weighted by molar-refractivity contribution is 5.32. The Bertz CT molecular complexity index is 379. The molecule has 1 saturated carbocycles. The minimum Gasteiger partial charge on any atom is -0.393 e. The van der Waals surface area contributed by atoms with E-state index >= 15 is 0 Å². The van der Waals surface area contributed by atoms with Crippen molar-refractivity contribution >= 4 is 0 Å². The first kappa shape index (κ1) is 15.2. The Morgan fingerprint density at radius 3 is 2.44 bits per heavy atom. The van der Waals surface area contributed by atoms with E-state index in [9.17, 15) is 15.3 Å². The van der Waals surface area contributed by atoms with Gasteiger partial charge in [0.15, 0.2) is 0 Å². The van der Waals surface area contributed by atoms with Gasteiger partial charge in [-0.3, -0.25) is 0 Å². The fourth-order valence-corrected chi connectivity index (χ4v) is 2.44. The van der Waals surface area contributed by atoms with Gasteiger partial charge in [-0.1, -0.05) is 39.2 Å². The fraction of sp³-hybridized carbons (Fsp3) is 0.600. The predicted octanol–water partition coefficient (Wildman–Crippen LogP) is 1.95. The topological polar surface area (TPSA) is 60.7 Å². The lowest BCUT2D eigenvalue weighted by atomic mass is 9.62. The molecule has 3 heteroatoms. The SMILES string of the molecule is C=CC(C)(O)/C=C\C1(O)C(=C)C[C@@H](O)CC1(C)C. The van der Waals surface area contributed by atoms with Crippen LogP contribution in [0.5, 0.6) is 0 Å². The largest absolute Gasteiger partial charge is 0.393 e. The van der Waals surface area contributed by atoms with Gasteiger partial charge in [-0.2, -0.15) is 0 Å². The number of aliphatic hydroxyl groups excluding tert-OH is 1. The molecule has 0 radical (unpaired) electrons. The van der Waals surface area contributed by atoms with Crippen molar-refractivity contribution in [2.75, 3.05) is 0 Å². The molecule has 3 atom stereocenters. The summed E-state index contributed by atoms with van der Waals surface area (Å²) in [5.74, 6) is 0. The van der Waals surface area contributed by atoms with Crippen LogP contribution < -0.4 is 0 Å². The van der Waals surface area contributed by atoms with Gasteiger partial charge in [0.2, 0.25) is 0 Å². The molecule has 18 heavy (non-hydrogen) atoms. The van der Waals surface area contributed by atoms with Crippen molar-refractivity contribution in [3.63, 3.8) is 0 Å². The van der Waals surface area contributed by atoms with Crippen LogP contribution in [0.4, 0.5) is 0 Å². The standard InChI is InChI=1S/C15H24O3/c1-6-14(5,17)7-8-15(18)11(2)9-12(16)10-13(15,3)4/h6-8,12,16-18H,1-2,9-10H2,3-5H3/b8-7-/t12-,14?,15?/m1/s1. The van der Waals surface area contributed by atoms with Crippen LogP contribution in [-0.4, -0.2) is 32.6 Å². The van der Waals surface area contributed by atoms with Crippen LogP contribution in [0.15, 0.2) is 37.0 Å². The van der Waals surface area contributed by atoms with Crippen LogP contribution in [0.25, 0.3) is 0 Å². The molecule has 2 unspecified atom stereocenters. The zero-order valence-corrected chi connectivity index (χ0v) is 11.5. The Hall–Kier alpha value is -0.900. The second kappa shape index (κ2) is 4.65. The Labute approximate surface area is 109 Å². The summed E-state index contributed by atoms with van der Waals surface area (Å²) in [5, 5.41) is 30.4. The van der Waals surface area contributed by atoms with Gasteiger partial charge in [0.1, 0.15) is 5.60 Å². The number of rotatable bonds is 3. The van der Waals surface area contributed by atoms with E-state index in [0.29, 0.717) is 18.4 Å². The molecule has 0 amide bonds. The molecule has 0 aliphatic heterocycles. The maximum atomic E-state index is 10.8. The molecule has 0 heterocycles. The van der Waals surface area contributed by atoms with Crippen molar-refractivity contribution in [2.24, 2.45) is 5.41 Å². The summed E-state index contributed by atoms with van der Waals surface area (Å²) >= 11 is 0. The van der Waals surface area contributed by atoms with Crippen LogP contribution in [-0.2, 0) is 0 Å². The van der Waals surface area contributed by atoms with Gasteiger partial charge in [0.25, 0.3) is 0 Å². The molecule has 0 bridgehead atoms. The van der Waals surface area contributed by atoms with Crippen molar-refractivity contribution in [3.8, 4) is 0 Å². The van der Waals surface area contributed by atoms with Crippen LogP contribution in [0.2, 0.25) is 0 Å². The van der Waals surface area contributed by atoms with Gasteiger partial charge in [0.05, 0.1) is 11.7 Å². The molecule has 0 saturated heterocycles.